The summed E-state index contributed by atoms with van der Waals surface area (Å²) in [5, 5.41) is 3.97. The van der Waals surface area contributed by atoms with E-state index in [1.807, 2.05) is 17.9 Å². The Morgan fingerprint density at radius 2 is 1.97 bits per heavy atom. The van der Waals surface area contributed by atoms with Crippen LogP contribution in [0.5, 0.6) is 0 Å². The van der Waals surface area contributed by atoms with Crippen LogP contribution in [-0.2, 0) is 14.9 Å². The summed E-state index contributed by atoms with van der Waals surface area (Å²) in [6, 6.07) is 1.86. The van der Waals surface area contributed by atoms with Crippen LogP contribution in [-0.4, -0.2) is 79.0 Å². The van der Waals surface area contributed by atoms with Crippen molar-refractivity contribution in [3.8, 4) is 11.3 Å². The van der Waals surface area contributed by atoms with E-state index in [9.17, 15) is 8.42 Å². The second-order valence-corrected chi connectivity index (χ2v) is 9.62. The van der Waals surface area contributed by atoms with Gasteiger partial charge in [0.2, 0.25) is 5.95 Å². The number of piperazine rings is 1. The second-order valence-electron chi connectivity index (χ2n) is 7.48. The van der Waals surface area contributed by atoms with E-state index in [1.165, 1.54) is 8.61 Å². The van der Waals surface area contributed by atoms with Gasteiger partial charge < -0.3 is 14.2 Å². The van der Waals surface area contributed by atoms with Crippen LogP contribution in [0.2, 0.25) is 0 Å². The number of aromatic nitrogens is 3. The van der Waals surface area contributed by atoms with E-state index in [0.29, 0.717) is 44.5 Å². The summed E-state index contributed by atoms with van der Waals surface area (Å²) in [5.41, 5.74) is 2.38. The van der Waals surface area contributed by atoms with E-state index >= 15 is 0 Å². The molecule has 158 valence electrons. The number of aryl methyl sites for hydroxylation is 1. The average Bonchev–Trinajstić information content (AvgIpc) is 3.39. The molecule has 2 aromatic heterocycles. The van der Waals surface area contributed by atoms with Crippen molar-refractivity contribution in [1.29, 1.82) is 0 Å². The van der Waals surface area contributed by atoms with E-state index in [0.717, 1.165) is 29.8 Å². The molecule has 1 atom stereocenters. The Labute approximate surface area is 170 Å². The van der Waals surface area contributed by atoms with Gasteiger partial charge in [-0.1, -0.05) is 5.16 Å². The summed E-state index contributed by atoms with van der Waals surface area (Å²) < 4.78 is 38.7. The fourth-order valence-corrected chi connectivity index (χ4v) is 4.69. The van der Waals surface area contributed by atoms with Gasteiger partial charge in [0.05, 0.1) is 17.0 Å². The first-order valence-electron chi connectivity index (χ1n) is 9.71. The first-order valence-corrected chi connectivity index (χ1v) is 11.1. The Bertz CT molecular complexity index is 962. The van der Waals surface area contributed by atoms with Gasteiger partial charge in [-0.2, -0.15) is 17.0 Å². The third-order valence-corrected chi connectivity index (χ3v) is 7.18. The number of ether oxygens (including phenoxy) is 1. The molecule has 2 saturated heterocycles. The zero-order chi connectivity index (χ0) is 20.6. The summed E-state index contributed by atoms with van der Waals surface area (Å²) in [5.74, 6) is 1.21. The topological polar surface area (TPSA) is 105 Å². The van der Waals surface area contributed by atoms with E-state index in [1.54, 1.807) is 20.3 Å². The quantitative estimate of drug-likeness (QED) is 0.708. The Hall–Kier alpha value is -2.08. The zero-order valence-corrected chi connectivity index (χ0v) is 17.7. The highest BCUT2D eigenvalue weighted by Gasteiger charge is 2.31. The Morgan fingerprint density at radius 1 is 1.21 bits per heavy atom. The Kier molecular flexibility index (Phi) is 5.56. The molecule has 4 rings (SSSR count). The molecule has 0 saturated carbocycles. The third kappa shape index (κ3) is 4.00. The SMILES string of the molecule is Cc1cc(-c2cnc(N3CCN(S(=O)(=O)N(C)C)CC3)nc2C2CCCO2)on1. The summed E-state index contributed by atoms with van der Waals surface area (Å²) in [7, 11) is -0.319. The lowest BCUT2D eigenvalue weighted by atomic mass is 10.1. The van der Waals surface area contributed by atoms with Crippen LogP contribution in [0.3, 0.4) is 0 Å². The highest BCUT2D eigenvalue weighted by Crippen LogP contribution is 2.35. The van der Waals surface area contributed by atoms with Gasteiger partial charge in [-0.15, -0.1) is 0 Å². The molecule has 2 fully saturated rings. The highest BCUT2D eigenvalue weighted by atomic mass is 32.2. The number of rotatable bonds is 5. The predicted molar refractivity (Wildman–Crippen MR) is 107 cm³/mol. The molecule has 0 radical (unpaired) electrons. The van der Waals surface area contributed by atoms with Gasteiger partial charge in [-0.3, -0.25) is 0 Å². The summed E-state index contributed by atoms with van der Waals surface area (Å²) in [4.78, 5) is 11.4. The lowest BCUT2D eigenvalue weighted by Gasteiger charge is -2.35. The number of nitrogens with zero attached hydrogens (tertiary/aromatic N) is 6. The van der Waals surface area contributed by atoms with Crippen LogP contribution in [0.1, 0.15) is 30.3 Å². The maximum atomic E-state index is 12.3. The smallest absolute Gasteiger partial charge is 0.281 e. The van der Waals surface area contributed by atoms with Crippen LogP contribution in [0.25, 0.3) is 11.3 Å². The molecule has 10 nitrogen and oxygen atoms in total. The summed E-state index contributed by atoms with van der Waals surface area (Å²) in [6.07, 6.45) is 3.53. The van der Waals surface area contributed by atoms with E-state index in [4.69, 9.17) is 14.2 Å². The highest BCUT2D eigenvalue weighted by molar-refractivity contribution is 7.86. The van der Waals surface area contributed by atoms with Crippen molar-refractivity contribution in [2.45, 2.75) is 25.9 Å². The Balaban J connectivity index is 1.58. The van der Waals surface area contributed by atoms with Crippen molar-refractivity contribution >= 4 is 16.2 Å². The molecule has 0 aliphatic carbocycles. The van der Waals surface area contributed by atoms with Gasteiger partial charge in [0, 0.05) is 59.1 Å². The molecule has 11 heteroatoms. The van der Waals surface area contributed by atoms with Crippen molar-refractivity contribution in [2.24, 2.45) is 0 Å². The minimum absolute atomic E-state index is 0.104. The van der Waals surface area contributed by atoms with Crippen molar-refractivity contribution in [1.82, 2.24) is 23.7 Å². The molecule has 2 aliphatic heterocycles. The van der Waals surface area contributed by atoms with E-state index in [-0.39, 0.29) is 6.10 Å². The van der Waals surface area contributed by atoms with Crippen LogP contribution >= 0.6 is 0 Å². The molecule has 0 amide bonds. The third-order valence-electron chi connectivity index (χ3n) is 5.24. The average molecular weight is 423 g/mol. The van der Waals surface area contributed by atoms with Gasteiger partial charge >= 0.3 is 0 Å². The molecule has 1 unspecified atom stereocenters. The lowest BCUT2D eigenvalue weighted by Crippen LogP contribution is -2.52. The largest absolute Gasteiger partial charge is 0.372 e. The Morgan fingerprint density at radius 3 is 2.55 bits per heavy atom. The minimum atomic E-state index is -3.41. The van der Waals surface area contributed by atoms with Gasteiger partial charge in [0.15, 0.2) is 5.76 Å². The molecule has 0 N–H and O–H groups in total. The van der Waals surface area contributed by atoms with Crippen molar-refractivity contribution in [3.63, 3.8) is 0 Å². The van der Waals surface area contributed by atoms with Gasteiger partial charge in [-0.25, -0.2) is 9.97 Å². The molecule has 0 aromatic carbocycles. The number of anilines is 1. The maximum Gasteiger partial charge on any atom is 0.281 e. The fraction of sp³-hybridized carbons (Fsp3) is 0.611. The number of hydrogen-bond donors (Lipinski definition) is 0. The monoisotopic (exact) mass is 422 g/mol. The second kappa shape index (κ2) is 7.98. The molecule has 29 heavy (non-hydrogen) atoms. The van der Waals surface area contributed by atoms with Crippen LogP contribution in [0.4, 0.5) is 5.95 Å². The molecular formula is C18H26N6O4S. The zero-order valence-electron chi connectivity index (χ0n) is 16.9. The van der Waals surface area contributed by atoms with Crippen LogP contribution in [0, 0.1) is 6.92 Å². The van der Waals surface area contributed by atoms with Crippen molar-refractivity contribution < 1.29 is 17.7 Å². The molecule has 0 spiro atoms. The summed E-state index contributed by atoms with van der Waals surface area (Å²) >= 11 is 0. The molecule has 0 bridgehead atoms. The molecular weight excluding hydrogens is 396 g/mol. The normalized spacial score (nSPS) is 21.2. The predicted octanol–water partition coefficient (Wildman–Crippen LogP) is 1.22. The van der Waals surface area contributed by atoms with Crippen molar-refractivity contribution in [3.05, 3.63) is 23.7 Å². The standard InChI is InChI=1S/C18H26N6O4S/c1-13-11-16(28-21-13)14-12-19-18(20-17(14)15-5-4-10-27-15)23-6-8-24(9-7-23)29(25,26)22(2)3/h11-12,15H,4-10H2,1-3H3. The fourth-order valence-electron chi connectivity index (χ4n) is 3.61. The maximum absolute atomic E-state index is 12.3. The minimum Gasteiger partial charge on any atom is -0.372 e. The van der Waals surface area contributed by atoms with Crippen LogP contribution in [0.15, 0.2) is 16.8 Å². The van der Waals surface area contributed by atoms with E-state index in [2.05, 4.69) is 10.1 Å². The molecule has 2 aliphatic rings. The van der Waals surface area contributed by atoms with Gasteiger partial charge in [0.25, 0.3) is 10.2 Å². The van der Waals surface area contributed by atoms with Crippen LogP contribution < -0.4 is 4.90 Å². The van der Waals surface area contributed by atoms with Gasteiger partial charge in [-0.05, 0) is 19.8 Å². The first-order chi connectivity index (χ1) is 13.9. The lowest BCUT2D eigenvalue weighted by molar-refractivity contribution is 0.109. The summed E-state index contributed by atoms with van der Waals surface area (Å²) in [6.45, 7) is 4.41. The molecule has 2 aromatic rings. The number of hydrogen-bond acceptors (Lipinski definition) is 8. The van der Waals surface area contributed by atoms with Crippen molar-refractivity contribution in [2.75, 3.05) is 51.8 Å². The van der Waals surface area contributed by atoms with E-state index < -0.39 is 10.2 Å². The molecule has 4 heterocycles. The van der Waals surface area contributed by atoms with Gasteiger partial charge in [0.1, 0.15) is 6.10 Å². The first kappa shape index (κ1) is 20.2.